The van der Waals surface area contributed by atoms with E-state index in [0.717, 1.165) is 12.3 Å². The van der Waals surface area contributed by atoms with E-state index in [4.69, 9.17) is 0 Å². The van der Waals surface area contributed by atoms with E-state index in [1.165, 1.54) is 25.7 Å². The molecule has 3 aliphatic carbocycles. The van der Waals surface area contributed by atoms with E-state index in [1.807, 2.05) is 0 Å². The maximum atomic E-state index is 10.1. The molecule has 0 aromatic carbocycles. The molecule has 3 atom stereocenters. The monoisotopic (exact) mass is 184 g/mol. The molecule has 0 aliphatic heterocycles. The van der Waals surface area contributed by atoms with Gasteiger partial charge < -0.3 is 5.11 Å². The van der Waals surface area contributed by atoms with Crippen LogP contribution in [0.5, 0.6) is 0 Å². The third-order valence-corrected chi connectivity index (χ3v) is 4.62. The van der Waals surface area contributed by atoms with Gasteiger partial charge in [-0.15, -0.1) is 0 Å². The van der Waals surface area contributed by atoms with Crippen LogP contribution in [0.3, 0.4) is 0 Å². The standard InChI is InChI=1S/C12H22O.H2/c1-11(2)8-12(3)7-6-9(11)4-5-10(12)13;/h9-10,13H,4-8H2,1-3H3;1H/t9-,10+,12+;/m0./s1. The van der Waals surface area contributed by atoms with Crippen molar-refractivity contribution in [3.05, 3.63) is 0 Å². The molecule has 3 saturated carbocycles. The summed E-state index contributed by atoms with van der Waals surface area (Å²) in [4.78, 5) is 0. The van der Waals surface area contributed by atoms with Gasteiger partial charge in [0.1, 0.15) is 0 Å². The predicted molar refractivity (Wildman–Crippen MR) is 56.6 cm³/mol. The van der Waals surface area contributed by atoms with Crippen LogP contribution in [-0.4, -0.2) is 11.2 Å². The molecule has 1 heteroatoms. The highest BCUT2D eigenvalue weighted by molar-refractivity contribution is 4.99. The lowest BCUT2D eigenvalue weighted by atomic mass is 9.60. The van der Waals surface area contributed by atoms with Gasteiger partial charge in [0.15, 0.2) is 0 Å². The molecule has 3 aliphatic rings. The van der Waals surface area contributed by atoms with Crippen LogP contribution in [0.15, 0.2) is 0 Å². The number of rotatable bonds is 0. The fraction of sp³-hybridized carbons (Fsp3) is 1.00. The van der Waals surface area contributed by atoms with E-state index in [-0.39, 0.29) is 12.9 Å². The summed E-state index contributed by atoms with van der Waals surface area (Å²) in [7, 11) is 0. The minimum absolute atomic E-state index is 0. The molecular weight excluding hydrogens is 160 g/mol. The van der Waals surface area contributed by atoms with Crippen LogP contribution in [0.2, 0.25) is 0 Å². The van der Waals surface area contributed by atoms with Crippen LogP contribution in [0.4, 0.5) is 0 Å². The molecule has 78 valence electrons. The lowest BCUT2D eigenvalue weighted by Gasteiger charge is -2.46. The van der Waals surface area contributed by atoms with Crippen molar-refractivity contribution < 1.29 is 6.53 Å². The summed E-state index contributed by atoms with van der Waals surface area (Å²) in [5.41, 5.74) is 0.682. The van der Waals surface area contributed by atoms with Gasteiger partial charge >= 0.3 is 0 Å². The van der Waals surface area contributed by atoms with Gasteiger partial charge in [0.05, 0.1) is 6.10 Å². The Morgan fingerprint density at radius 1 is 1.15 bits per heavy atom. The van der Waals surface area contributed by atoms with Crippen molar-refractivity contribution in [2.75, 3.05) is 0 Å². The van der Waals surface area contributed by atoms with Crippen LogP contribution < -0.4 is 0 Å². The molecule has 0 aromatic rings. The van der Waals surface area contributed by atoms with Gasteiger partial charge in [-0.05, 0) is 48.9 Å². The average molecular weight is 184 g/mol. The summed E-state index contributed by atoms with van der Waals surface area (Å²) >= 11 is 0. The number of aliphatic hydroxyl groups excluding tert-OH is 1. The van der Waals surface area contributed by atoms with Crippen LogP contribution in [0.25, 0.3) is 0 Å². The van der Waals surface area contributed by atoms with E-state index in [0.29, 0.717) is 5.41 Å². The molecule has 0 spiro atoms. The molecule has 2 bridgehead atoms. The Morgan fingerprint density at radius 3 is 2.46 bits per heavy atom. The fourth-order valence-corrected chi connectivity index (χ4v) is 3.70. The summed E-state index contributed by atoms with van der Waals surface area (Å²) < 4.78 is 0. The van der Waals surface area contributed by atoms with Crippen LogP contribution in [0, 0.1) is 16.7 Å². The Kier molecular flexibility index (Phi) is 1.99. The van der Waals surface area contributed by atoms with Gasteiger partial charge in [0.25, 0.3) is 0 Å². The Balaban J connectivity index is 0.000000980. The number of fused-ring (bicyclic) bond motifs is 4. The zero-order valence-electron chi connectivity index (χ0n) is 9.14. The highest BCUT2D eigenvalue weighted by atomic mass is 16.3. The van der Waals surface area contributed by atoms with E-state index in [2.05, 4.69) is 20.8 Å². The molecule has 3 fully saturated rings. The number of hydrogen-bond donors (Lipinski definition) is 1. The van der Waals surface area contributed by atoms with E-state index in [1.54, 1.807) is 0 Å². The molecule has 3 rings (SSSR count). The third kappa shape index (κ3) is 1.41. The Labute approximate surface area is 83.0 Å². The van der Waals surface area contributed by atoms with Gasteiger partial charge in [-0.2, -0.15) is 0 Å². The van der Waals surface area contributed by atoms with Gasteiger partial charge in [-0.1, -0.05) is 20.8 Å². The summed E-state index contributed by atoms with van der Waals surface area (Å²) in [6.07, 6.45) is 6.02. The minimum atomic E-state index is -0.0423. The SMILES string of the molecule is CC1(C)C[C@@]2(C)CC[C@@H]1CC[C@H]2O.[HH]. The zero-order chi connectivity index (χ0) is 9.69. The van der Waals surface area contributed by atoms with E-state index < -0.39 is 0 Å². The van der Waals surface area contributed by atoms with Crippen molar-refractivity contribution in [1.29, 1.82) is 0 Å². The van der Waals surface area contributed by atoms with Crippen LogP contribution >= 0.6 is 0 Å². The summed E-state index contributed by atoms with van der Waals surface area (Å²) in [6, 6.07) is 0. The molecular formula is C12H24O. The van der Waals surface area contributed by atoms with Crippen molar-refractivity contribution in [1.82, 2.24) is 0 Å². The molecule has 0 radical (unpaired) electrons. The largest absolute Gasteiger partial charge is 0.393 e. The average Bonchev–Trinajstić information content (AvgIpc) is 2.16. The molecule has 1 N–H and O–H groups in total. The van der Waals surface area contributed by atoms with Gasteiger partial charge in [0, 0.05) is 1.43 Å². The molecule has 13 heavy (non-hydrogen) atoms. The fourth-order valence-electron chi connectivity index (χ4n) is 3.70. The first-order valence-electron chi connectivity index (χ1n) is 5.62. The highest BCUT2D eigenvalue weighted by Crippen LogP contribution is 2.55. The van der Waals surface area contributed by atoms with E-state index >= 15 is 0 Å². The van der Waals surface area contributed by atoms with Crippen LogP contribution in [0.1, 0.15) is 54.3 Å². The minimum Gasteiger partial charge on any atom is -0.393 e. The number of hydrogen-bond acceptors (Lipinski definition) is 1. The van der Waals surface area contributed by atoms with Gasteiger partial charge in [-0.25, -0.2) is 0 Å². The van der Waals surface area contributed by atoms with Crippen molar-refractivity contribution in [2.24, 2.45) is 16.7 Å². The summed E-state index contributed by atoms with van der Waals surface area (Å²) in [5, 5.41) is 10.1. The summed E-state index contributed by atoms with van der Waals surface area (Å²) in [6.45, 7) is 7.04. The molecule has 0 amide bonds. The third-order valence-electron chi connectivity index (χ3n) is 4.62. The van der Waals surface area contributed by atoms with E-state index in [9.17, 15) is 5.11 Å². The Hall–Kier alpha value is -0.0400. The lowest BCUT2D eigenvalue weighted by molar-refractivity contribution is -0.0198. The smallest absolute Gasteiger partial charge is 0.0594 e. The maximum absolute atomic E-state index is 10.1. The quantitative estimate of drug-likeness (QED) is 0.613. The summed E-state index contributed by atoms with van der Waals surface area (Å²) in [5.74, 6) is 0.859. The maximum Gasteiger partial charge on any atom is 0.0594 e. The van der Waals surface area contributed by atoms with Crippen molar-refractivity contribution >= 4 is 0 Å². The van der Waals surface area contributed by atoms with Gasteiger partial charge in [-0.3, -0.25) is 0 Å². The van der Waals surface area contributed by atoms with Crippen molar-refractivity contribution in [3.63, 3.8) is 0 Å². The number of aliphatic hydroxyl groups is 1. The Morgan fingerprint density at radius 2 is 1.85 bits per heavy atom. The zero-order valence-corrected chi connectivity index (χ0v) is 9.14. The molecule has 0 unspecified atom stereocenters. The highest BCUT2D eigenvalue weighted by Gasteiger charge is 2.48. The first kappa shape index (κ1) is 9.51. The Bertz CT molecular complexity index is 212. The lowest BCUT2D eigenvalue weighted by Crippen LogP contribution is -2.39. The first-order chi connectivity index (χ1) is 5.94. The van der Waals surface area contributed by atoms with Crippen molar-refractivity contribution in [3.8, 4) is 0 Å². The molecule has 1 nitrogen and oxygen atoms in total. The van der Waals surface area contributed by atoms with Crippen LogP contribution in [-0.2, 0) is 0 Å². The second-order valence-electron chi connectivity index (χ2n) is 6.15. The molecule has 0 saturated heterocycles. The second-order valence-corrected chi connectivity index (χ2v) is 6.15. The van der Waals surface area contributed by atoms with Crippen molar-refractivity contribution in [2.45, 2.75) is 59.0 Å². The second kappa shape index (κ2) is 2.73. The topological polar surface area (TPSA) is 20.2 Å². The molecule has 0 aromatic heterocycles. The van der Waals surface area contributed by atoms with Gasteiger partial charge in [0.2, 0.25) is 0 Å². The first-order valence-corrected chi connectivity index (χ1v) is 5.62. The predicted octanol–water partition coefficient (Wildman–Crippen LogP) is 3.22. The molecule has 0 heterocycles. The normalized spacial score (nSPS) is 48.9.